The fourth-order valence-electron chi connectivity index (χ4n) is 2.70. The molecular weight excluding hydrogens is 314 g/mol. The molecule has 0 saturated carbocycles. The van der Waals surface area contributed by atoms with E-state index in [4.69, 9.17) is 4.74 Å². The maximum absolute atomic E-state index is 12.1. The molecule has 0 unspecified atom stereocenters. The van der Waals surface area contributed by atoms with Crippen LogP contribution in [0, 0.1) is 25.2 Å². The number of benzene rings is 1. The fourth-order valence-corrected chi connectivity index (χ4v) is 2.70. The van der Waals surface area contributed by atoms with Crippen molar-refractivity contribution in [1.82, 2.24) is 9.88 Å². The summed E-state index contributed by atoms with van der Waals surface area (Å²) in [5.74, 6) is 0.462. The lowest BCUT2D eigenvalue weighted by Crippen LogP contribution is -2.25. The molecule has 0 bridgehead atoms. The Morgan fingerprint density at radius 3 is 2.56 bits per heavy atom. The summed E-state index contributed by atoms with van der Waals surface area (Å²) in [4.78, 5) is 12.1. The van der Waals surface area contributed by atoms with Crippen LogP contribution in [0.1, 0.15) is 30.3 Å². The standard InChI is InChI=1S/C20H23N3O2/c1-5-10-22-20(24)17(13-21)12-16-11-14(2)23(15(16)3)18-6-8-19(25-4)9-7-18/h6-9,11-12H,5,10H2,1-4H3,(H,22,24)/b17-12+. The molecule has 2 aromatic rings. The van der Waals surface area contributed by atoms with Gasteiger partial charge in [0.15, 0.2) is 0 Å². The van der Waals surface area contributed by atoms with Crippen LogP contribution < -0.4 is 10.1 Å². The first-order chi connectivity index (χ1) is 12.0. The predicted octanol–water partition coefficient (Wildman–Crippen LogP) is 3.54. The summed E-state index contributed by atoms with van der Waals surface area (Å²) in [6.45, 7) is 6.50. The zero-order valence-electron chi connectivity index (χ0n) is 15.1. The van der Waals surface area contributed by atoms with Crippen molar-refractivity contribution < 1.29 is 9.53 Å². The van der Waals surface area contributed by atoms with Crippen molar-refractivity contribution >= 4 is 12.0 Å². The molecule has 130 valence electrons. The Balaban J connectivity index is 2.39. The van der Waals surface area contributed by atoms with Gasteiger partial charge in [0.1, 0.15) is 17.4 Å². The summed E-state index contributed by atoms with van der Waals surface area (Å²) >= 11 is 0. The molecular formula is C20H23N3O2. The third kappa shape index (κ3) is 4.10. The second-order valence-corrected chi connectivity index (χ2v) is 5.79. The van der Waals surface area contributed by atoms with E-state index < -0.39 is 0 Å². The summed E-state index contributed by atoms with van der Waals surface area (Å²) in [5, 5.41) is 12.0. The summed E-state index contributed by atoms with van der Waals surface area (Å²) in [5.41, 5.74) is 3.98. The Morgan fingerprint density at radius 2 is 2.00 bits per heavy atom. The number of amides is 1. The molecule has 25 heavy (non-hydrogen) atoms. The van der Waals surface area contributed by atoms with Crippen molar-refractivity contribution in [1.29, 1.82) is 5.26 Å². The Hall–Kier alpha value is -3.00. The topological polar surface area (TPSA) is 67.0 Å². The highest BCUT2D eigenvalue weighted by Crippen LogP contribution is 2.24. The van der Waals surface area contributed by atoms with E-state index in [1.165, 1.54) is 0 Å². The maximum atomic E-state index is 12.1. The van der Waals surface area contributed by atoms with E-state index in [1.54, 1.807) is 13.2 Å². The number of nitrogens with zero attached hydrogens (tertiary/aromatic N) is 2. The minimum absolute atomic E-state index is 0.114. The number of nitrogens with one attached hydrogen (secondary N) is 1. The van der Waals surface area contributed by atoms with Gasteiger partial charge in [-0.15, -0.1) is 0 Å². The average molecular weight is 337 g/mol. The van der Waals surface area contributed by atoms with Crippen LogP contribution in [0.2, 0.25) is 0 Å². The number of rotatable bonds is 6. The van der Waals surface area contributed by atoms with Crippen molar-refractivity contribution in [3.63, 3.8) is 0 Å². The fraction of sp³-hybridized carbons (Fsp3) is 0.300. The van der Waals surface area contributed by atoms with Crippen LogP contribution in [0.15, 0.2) is 35.9 Å². The molecule has 0 spiro atoms. The highest BCUT2D eigenvalue weighted by molar-refractivity contribution is 6.01. The molecule has 2 rings (SSSR count). The predicted molar refractivity (Wildman–Crippen MR) is 98.7 cm³/mol. The Morgan fingerprint density at radius 1 is 1.32 bits per heavy atom. The zero-order valence-corrected chi connectivity index (χ0v) is 15.1. The van der Waals surface area contributed by atoms with E-state index in [-0.39, 0.29) is 11.5 Å². The van der Waals surface area contributed by atoms with Gasteiger partial charge in [-0.25, -0.2) is 0 Å². The van der Waals surface area contributed by atoms with Crippen LogP contribution in [0.3, 0.4) is 0 Å². The van der Waals surface area contributed by atoms with E-state index in [0.717, 1.165) is 34.8 Å². The summed E-state index contributed by atoms with van der Waals surface area (Å²) in [6.07, 6.45) is 2.48. The molecule has 0 aliphatic heterocycles. The second-order valence-electron chi connectivity index (χ2n) is 5.79. The van der Waals surface area contributed by atoms with Crippen molar-refractivity contribution in [2.45, 2.75) is 27.2 Å². The molecule has 1 aromatic heterocycles. The maximum Gasteiger partial charge on any atom is 0.261 e. The molecule has 1 heterocycles. The molecule has 1 N–H and O–H groups in total. The van der Waals surface area contributed by atoms with Gasteiger partial charge in [-0.1, -0.05) is 6.92 Å². The number of nitriles is 1. The van der Waals surface area contributed by atoms with Crippen molar-refractivity contribution in [2.24, 2.45) is 0 Å². The number of aryl methyl sites for hydroxylation is 1. The first kappa shape index (κ1) is 18.3. The Kier molecular flexibility index (Phi) is 6.02. The third-order valence-corrected chi connectivity index (χ3v) is 4.00. The molecule has 0 saturated heterocycles. The van der Waals surface area contributed by atoms with Crippen molar-refractivity contribution in [2.75, 3.05) is 13.7 Å². The molecule has 0 aliphatic carbocycles. The van der Waals surface area contributed by atoms with E-state index in [2.05, 4.69) is 9.88 Å². The van der Waals surface area contributed by atoms with Crippen molar-refractivity contribution in [3.8, 4) is 17.5 Å². The molecule has 1 aromatic carbocycles. The average Bonchev–Trinajstić information content (AvgIpc) is 2.91. The molecule has 1 amide bonds. The summed E-state index contributed by atoms with van der Waals surface area (Å²) < 4.78 is 7.28. The number of methoxy groups -OCH3 is 1. The lowest BCUT2D eigenvalue weighted by Gasteiger charge is -2.10. The highest BCUT2D eigenvalue weighted by Gasteiger charge is 2.13. The normalized spacial score (nSPS) is 11.1. The van der Waals surface area contributed by atoms with E-state index in [0.29, 0.717) is 6.54 Å². The van der Waals surface area contributed by atoms with Gasteiger partial charge in [0.05, 0.1) is 7.11 Å². The molecule has 0 aliphatic rings. The molecule has 0 fully saturated rings. The number of carbonyl (C=O) groups is 1. The zero-order chi connectivity index (χ0) is 18.4. The lowest BCUT2D eigenvalue weighted by atomic mass is 10.1. The van der Waals surface area contributed by atoms with Crippen LogP contribution >= 0.6 is 0 Å². The first-order valence-electron chi connectivity index (χ1n) is 8.25. The van der Waals surface area contributed by atoms with Gasteiger partial charge in [0.25, 0.3) is 5.91 Å². The smallest absolute Gasteiger partial charge is 0.261 e. The second kappa shape index (κ2) is 8.20. The van der Waals surface area contributed by atoms with Crippen LogP contribution in [0.5, 0.6) is 5.75 Å². The van der Waals surface area contributed by atoms with E-state index >= 15 is 0 Å². The van der Waals surface area contributed by atoms with Gasteiger partial charge in [-0.05, 0) is 62.2 Å². The van der Waals surface area contributed by atoms with Gasteiger partial charge >= 0.3 is 0 Å². The number of aromatic nitrogens is 1. The SMILES string of the molecule is CCCNC(=O)/C(C#N)=C/c1cc(C)n(-c2ccc(OC)cc2)c1C. The van der Waals surface area contributed by atoms with Crippen molar-refractivity contribution in [3.05, 3.63) is 52.9 Å². The van der Waals surface area contributed by atoms with E-state index in [9.17, 15) is 10.1 Å². The lowest BCUT2D eigenvalue weighted by molar-refractivity contribution is -0.117. The number of carbonyl (C=O) groups excluding carboxylic acids is 1. The first-order valence-corrected chi connectivity index (χ1v) is 8.25. The van der Waals surface area contributed by atoms with Crippen LogP contribution in [0.25, 0.3) is 11.8 Å². The summed E-state index contributed by atoms with van der Waals surface area (Å²) in [7, 11) is 1.64. The molecule has 5 heteroatoms. The minimum Gasteiger partial charge on any atom is -0.497 e. The highest BCUT2D eigenvalue weighted by atomic mass is 16.5. The van der Waals surface area contributed by atoms with Gasteiger partial charge in [0, 0.05) is 23.6 Å². The Bertz CT molecular complexity index is 824. The van der Waals surface area contributed by atoms with Gasteiger partial charge in [-0.2, -0.15) is 5.26 Å². The van der Waals surface area contributed by atoms with Gasteiger partial charge < -0.3 is 14.6 Å². The summed E-state index contributed by atoms with van der Waals surface area (Å²) in [6, 6.07) is 11.7. The largest absolute Gasteiger partial charge is 0.497 e. The minimum atomic E-state index is -0.335. The number of hydrogen-bond acceptors (Lipinski definition) is 3. The molecule has 0 radical (unpaired) electrons. The molecule has 0 atom stereocenters. The monoisotopic (exact) mass is 337 g/mol. The number of hydrogen-bond donors (Lipinski definition) is 1. The Labute approximate surface area is 148 Å². The van der Waals surface area contributed by atoms with E-state index in [1.807, 2.05) is 57.2 Å². The van der Waals surface area contributed by atoms with Gasteiger partial charge in [0.2, 0.25) is 0 Å². The van der Waals surface area contributed by atoms with Gasteiger partial charge in [-0.3, -0.25) is 4.79 Å². The quantitative estimate of drug-likeness (QED) is 0.647. The van der Waals surface area contributed by atoms with Crippen LogP contribution in [-0.4, -0.2) is 24.1 Å². The number of ether oxygens (including phenoxy) is 1. The van der Waals surface area contributed by atoms with Crippen LogP contribution in [-0.2, 0) is 4.79 Å². The third-order valence-electron chi connectivity index (χ3n) is 4.00. The van der Waals surface area contributed by atoms with Crippen LogP contribution in [0.4, 0.5) is 0 Å². The molecule has 5 nitrogen and oxygen atoms in total.